The molecule has 2 aromatic rings. The van der Waals surface area contributed by atoms with Crippen LogP contribution in [0.5, 0.6) is 0 Å². The average molecular weight is 322 g/mol. The summed E-state index contributed by atoms with van der Waals surface area (Å²) in [6.45, 7) is 1.85. The van der Waals surface area contributed by atoms with Crippen molar-refractivity contribution in [2.75, 3.05) is 10.6 Å². The third kappa shape index (κ3) is 5.54. The Bertz CT molecular complexity index is 736. The zero-order valence-corrected chi connectivity index (χ0v) is 13.3. The summed E-state index contributed by atoms with van der Waals surface area (Å²) in [5.41, 5.74) is 1.80. The molecule has 1 aromatic heterocycles. The fraction of sp³-hybridized carbons (Fsp3) is 0.222. The van der Waals surface area contributed by atoms with Gasteiger partial charge in [-0.05, 0) is 42.3 Å². The van der Waals surface area contributed by atoms with E-state index in [-0.39, 0.29) is 30.6 Å². The molecule has 24 heavy (non-hydrogen) atoms. The average Bonchev–Trinajstić information content (AvgIpc) is 2.56. The Hall–Kier alpha value is -3.20. The number of nitrogens with one attached hydrogen (secondary N) is 2. The van der Waals surface area contributed by atoms with E-state index in [0.29, 0.717) is 16.9 Å². The standard InChI is InChI=1S/C18H18N4O2/c1-13(10-18(24)22-16-3-2-8-20-12-16)9-17(23)21-15-6-4-14(11-19)5-7-15/h2-8,12-13H,9-10H2,1H3,(H,21,23)(H,22,24). The molecule has 0 bridgehead atoms. The van der Waals surface area contributed by atoms with Gasteiger partial charge in [0.25, 0.3) is 0 Å². The van der Waals surface area contributed by atoms with Gasteiger partial charge < -0.3 is 10.6 Å². The van der Waals surface area contributed by atoms with Crippen molar-refractivity contribution >= 4 is 23.2 Å². The first kappa shape index (κ1) is 17.2. The van der Waals surface area contributed by atoms with Crippen molar-refractivity contribution in [3.8, 4) is 6.07 Å². The Morgan fingerprint density at radius 1 is 1.08 bits per heavy atom. The molecule has 0 saturated heterocycles. The monoisotopic (exact) mass is 322 g/mol. The highest BCUT2D eigenvalue weighted by Crippen LogP contribution is 2.14. The van der Waals surface area contributed by atoms with Gasteiger partial charge in [0.1, 0.15) is 0 Å². The molecule has 0 fully saturated rings. The summed E-state index contributed by atoms with van der Waals surface area (Å²) in [5.74, 6) is -0.414. The fourth-order valence-electron chi connectivity index (χ4n) is 2.19. The summed E-state index contributed by atoms with van der Waals surface area (Å²) >= 11 is 0. The number of nitriles is 1. The van der Waals surface area contributed by atoms with Crippen LogP contribution in [0.2, 0.25) is 0 Å². The largest absolute Gasteiger partial charge is 0.326 e. The third-order valence-electron chi connectivity index (χ3n) is 3.31. The number of carbonyl (C=O) groups is 2. The van der Waals surface area contributed by atoms with E-state index in [1.54, 1.807) is 48.8 Å². The zero-order chi connectivity index (χ0) is 17.4. The number of pyridine rings is 1. The molecule has 1 heterocycles. The maximum absolute atomic E-state index is 12.0. The van der Waals surface area contributed by atoms with Crippen LogP contribution in [0.25, 0.3) is 0 Å². The number of rotatable bonds is 6. The van der Waals surface area contributed by atoms with Crippen LogP contribution in [-0.2, 0) is 9.59 Å². The molecule has 0 aliphatic heterocycles. The van der Waals surface area contributed by atoms with Gasteiger partial charge in [0, 0.05) is 24.7 Å². The molecule has 2 rings (SSSR count). The van der Waals surface area contributed by atoms with Crippen molar-refractivity contribution in [2.24, 2.45) is 5.92 Å². The number of carbonyl (C=O) groups excluding carboxylic acids is 2. The van der Waals surface area contributed by atoms with E-state index in [1.165, 1.54) is 0 Å². The van der Waals surface area contributed by atoms with Crippen molar-refractivity contribution in [3.05, 3.63) is 54.4 Å². The van der Waals surface area contributed by atoms with Crippen LogP contribution < -0.4 is 10.6 Å². The van der Waals surface area contributed by atoms with Gasteiger partial charge in [0.15, 0.2) is 0 Å². The van der Waals surface area contributed by atoms with Crippen molar-refractivity contribution in [2.45, 2.75) is 19.8 Å². The third-order valence-corrected chi connectivity index (χ3v) is 3.31. The lowest BCUT2D eigenvalue weighted by atomic mass is 10.0. The van der Waals surface area contributed by atoms with E-state index in [2.05, 4.69) is 15.6 Å². The van der Waals surface area contributed by atoms with Gasteiger partial charge in [0.2, 0.25) is 11.8 Å². The number of hydrogen-bond donors (Lipinski definition) is 2. The Morgan fingerprint density at radius 3 is 2.25 bits per heavy atom. The van der Waals surface area contributed by atoms with Crippen LogP contribution in [0.4, 0.5) is 11.4 Å². The molecule has 0 aliphatic rings. The van der Waals surface area contributed by atoms with Gasteiger partial charge >= 0.3 is 0 Å². The minimum atomic E-state index is -0.165. The molecule has 2 N–H and O–H groups in total. The SMILES string of the molecule is CC(CC(=O)Nc1ccc(C#N)cc1)CC(=O)Nc1cccnc1. The Kier molecular flexibility index (Phi) is 6.03. The summed E-state index contributed by atoms with van der Waals surface area (Å²) in [4.78, 5) is 27.9. The summed E-state index contributed by atoms with van der Waals surface area (Å²) in [7, 11) is 0. The minimum absolute atomic E-state index is 0.0972. The van der Waals surface area contributed by atoms with Gasteiger partial charge in [-0.15, -0.1) is 0 Å². The Morgan fingerprint density at radius 2 is 1.71 bits per heavy atom. The number of nitrogens with zero attached hydrogens (tertiary/aromatic N) is 2. The molecule has 0 spiro atoms. The smallest absolute Gasteiger partial charge is 0.224 e. The van der Waals surface area contributed by atoms with Gasteiger partial charge in [-0.3, -0.25) is 14.6 Å². The molecule has 0 aliphatic carbocycles. The van der Waals surface area contributed by atoms with E-state index in [1.807, 2.05) is 13.0 Å². The highest BCUT2D eigenvalue weighted by Gasteiger charge is 2.14. The molecule has 6 heteroatoms. The summed E-state index contributed by atoms with van der Waals surface area (Å²) < 4.78 is 0. The predicted octanol–water partition coefficient (Wildman–Crippen LogP) is 2.95. The molecular weight excluding hydrogens is 304 g/mol. The number of hydrogen-bond acceptors (Lipinski definition) is 4. The molecule has 0 radical (unpaired) electrons. The van der Waals surface area contributed by atoms with Gasteiger partial charge in [0.05, 0.1) is 23.5 Å². The molecule has 1 unspecified atom stereocenters. The predicted molar refractivity (Wildman–Crippen MR) is 91.1 cm³/mol. The van der Waals surface area contributed by atoms with Crippen LogP contribution in [0.3, 0.4) is 0 Å². The second kappa shape index (κ2) is 8.44. The van der Waals surface area contributed by atoms with Crippen LogP contribution >= 0.6 is 0 Å². The Labute approximate surface area is 140 Å². The van der Waals surface area contributed by atoms with Gasteiger partial charge in [-0.25, -0.2) is 0 Å². The minimum Gasteiger partial charge on any atom is -0.326 e. The van der Waals surface area contributed by atoms with Crippen LogP contribution in [0, 0.1) is 17.2 Å². The maximum Gasteiger partial charge on any atom is 0.224 e. The van der Waals surface area contributed by atoms with Gasteiger partial charge in [-0.1, -0.05) is 6.92 Å². The van der Waals surface area contributed by atoms with Crippen LogP contribution in [0.15, 0.2) is 48.8 Å². The number of amides is 2. The lowest BCUT2D eigenvalue weighted by Crippen LogP contribution is -2.20. The maximum atomic E-state index is 12.0. The molecule has 1 aromatic carbocycles. The van der Waals surface area contributed by atoms with Crippen molar-refractivity contribution < 1.29 is 9.59 Å². The number of aromatic nitrogens is 1. The van der Waals surface area contributed by atoms with E-state index >= 15 is 0 Å². The number of benzene rings is 1. The van der Waals surface area contributed by atoms with Crippen LogP contribution in [0.1, 0.15) is 25.3 Å². The van der Waals surface area contributed by atoms with E-state index < -0.39 is 0 Å². The second-order valence-electron chi connectivity index (χ2n) is 5.54. The van der Waals surface area contributed by atoms with E-state index in [0.717, 1.165) is 0 Å². The molecule has 6 nitrogen and oxygen atoms in total. The molecule has 2 amide bonds. The lowest BCUT2D eigenvalue weighted by Gasteiger charge is -2.12. The first-order chi connectivity index (χ1) is 11.6. The first-order valence-corrected chi connectivity index (χ1v) is 7.56. The van der Waals surface area contributed by atoms with Crippen molar-refractivity contribution in [1.82, 2.24) is 4.98 Å². The van der Waals surface area contributed by atoms with E-state index in [4.69, 9.17) is 5.26 Å². The van der Waals surface area contributed by atoms with Crippen LogP contribution in [-0.4, -0.2) is 16.8 Å². The highest BCUT2D eigenvalue weighted by molar-refractivity contribution is 5.93. The van der Waals surface area contributed by atoms with E-state index in [9.17, 15) is 9.59 Å². The fourth-order valence-corrected chi connectivity index (χ4v) is 2.19. The van der Waals surface area contributed by atoms with Gasteiger partial charge in [-0.2, -0.15) is 5.26 Å². The summed E-state index contributed by atoms with van der Waals surface area (Å²) in [5, 5.41) is 14.2. The molecule has 122 valence electrons. The topological polar surface area (TPSA) is 94.9 Å². The first-order valence-electron chi connectivity index (χ1n) is 7.56. The summed E-state index contributed by atoms with van der Waals surface area (Å²) in [6.07, 6.45) is 3.68. The number of anilines is 2. The summed E-state index contributed by atoms with van der Waals surface area (Å²) in [6, 6.07) is 12.1. The van der Waals surface area contributed by atoms with Crippen molar-refractivity contribution in [1.29, 1.82) is 5.26 Å². The molecule has 0 saturated carbocycles. The normalized spacial score (nSPS) is 11.2. The second-order valence-corrected chi connectivity index (χ2v) is 5.54. The quantitative estimate of drug-likeness (QED) is 0.854. The molecular formula is C18H18N4O2. The zero-order valence-electron chi connectivity index (χ0n) is 13.3. The Balaban J connectivity index is 1.78. The highest BCUT2D eigenvalue weighted by atomic mass is 16.2. The van der Waals surface area contributed by atoms with Crippen molar-refractivity contribution in [3.63, 3.8) is 0 Å². The molecule has 1 atom stereocenters. The lowest BCUT2D eigenvalue weighted by molar-refractivity contribution is -0.118.